The molecule has 0 radical (unpaired) electrons. The zero-order valence-corrected chi connectivity index (χ0v) is 28.0. The van der Waals surface area contributed by atoms with Crippen molar-refractivity contribution in [2.75, 3.05) is 51.8 Å². The SMILES string of the molecule is C#Cc1c(F)ccc2cccc(-c3ncc4c(N5CCNC[C@@H]5CC)nc(C#C[C@]56CCCN5[C@@H](COC(=O)N(C)C)CC6)nc4c3F)c12. The van der Waals surface area contributed by atoms with E-state index >= 15 is 4.39 Å². The van der Waals surface area contributed by atoms with E-state index in [-0.39, 0.29) is 40.8 Å². The molecule has 2 aromatic carbocycles. The van der Waals surface area contributed by atoms with Crippen LogP contribution >= 0.6 is 0 Å². The van der Waals surface area contributed by atoms with Crippen LogP contribution < -0.4 is 10.2 Å². The number of amides is 1. The van der Waals surface area contributed by atoms with E-state index in [0.717, 1.165) is 51.7 Å². The highest BCUT2D eigenvalue weighted by atomic mass is 19.1. The normalized spacial score (nSPS) is 22.1. The van der Waals surface area contributed by atoms with E-state index in [0.29, 0.717) is 40.7 Å². The second-order valence-electron chi connectivity index (χ2n) is 13.2. The number of nitrogens with zero attached hydrogens (tertiary/aromatic N) is 6. The Morgan fingerprint density at radius 3 is 2.82 bits per heavy atom. The third-order valence-corrected chi connectivity index (χ3v) is 10.2. The zero-order chi connectivity index (χ0) is 34.3. The second-order valence-corrected chi connectivity index (χ2v) is 13.2. The number of ether oxygens (including phenoxy) is 1. The quantitative estimate of drug-likeness (QED) is 0.287. The van der Waals surface area contributed by atoms with Gasteiger partial charge < -0.3 is 19.9 Å². The lowest BCUT2D eigenvalue weighted by atomic mass is 9.95. The molecule has 3 atom stereocenters. The van der Waals surface area contributed by atoms with Crippen molar-refractivity contribution in [3.63, 3.8) is 0 Å². The van der Waals surface area contributed by atoms with Gasteiger partial charge in [-0.2, -0.15) is 0 Å². The Kier molecular flexibility index (Phi) is 8.82. The molecule has 2 aromatic heterocycles. The van der Waals surface area contributed by atoms with Crippen LogP contribution in [0.1, 0.15) is 50.4 Å². The Morgan fingerprint density at radius 2 is 2.02 bits per heavy atom. The average Bonchev–Trinajstić information content (AvgIpc) is 3.69. The molecule has 3 aliphatic rings. The molecule has 5 heterocycles. The molecule has 1 N–H and O–H groups in total. The fraction of sp³-hybridized carbons (Fsp3) is 0.421. The molecule has 0 aliphatic carbocycles. The maximum atomic E-state index is 16.9. The predicted molar refractivity (Wildman–Crippen MR) is 186 cm³/mol. The summed E-state index contributed by atoms with van der Waals surface area (Å²) in [6, 6.07) is 8.45. The van der Waals surface area contributed by atoms with E-state index in [1.807, 2.05) is 6.07 Å². The van der Waals surface area contributed by atoms with Gasteiger partial charge in [0.25, 0.3) is 0 Å². The minimum atomic E-state index is -0.642. The van der Waals surface area contributed by atoms with Gasteiger partial charge in [-0.3, -0.25) is 9.88 Å². The van der Waals surface area contributed by atoms with Gasteiger partial charge in [-0.25, -0.2) is 23.5 Å². The molecule has 252 valence electrons. The molecule has 49 heavy (non-hydrogen) atoms. The molecule has 0 bridgehead atoms. The molecular weight excluding hydrogens is 624 g/mol. The molecule has 3 aliphatic heterocycles. The first-order valence-corrected chi connectivity index (χ1v) is 16.9. The number of carbonyl (C=O) groups excluding carboxylic acids is 1. The van der Waals surface area contributed by atoms with Gasteiger partial charge in [0, 0.05) is 69.5 Å². The highest BCUT2D eigenvalue weighted by Gasteiger charge is 2.48. The number of terminal acetylenes is 1. The van der Waals surface area contributed by atoms with Crippen LogP contribution in [0.4, 0.5) is 19.4 Å². The molecule has 7 rings (SSSR count). The zero-order valence-electron chi connectivity index (χ0n) is 28.0. The van der Waals surface area contributed by atoms with Crippen molar-refractivity contribution in [2.24, 2.45) is 0 Å². The van der Waals surface area contributed by atoms with Crippen molar-refractivity contribution >= 4 is 33.6 Å². The van der Waals surface area contributed by atoms with E-state index in [1.54, 1.807) is 38.5 Å². The summed E-state index contributed by atoms with van der Waals surface area (Å²) in [5.74, 6) is 8.84. The largest absolute Gasteiger partial charge is 0.448 e. The number of aromatic nitrogens is 3. The van der Waals surface area contributed by atoms with Gasteiger partial charge >= 0.3 is 6.09 Å². The molecule has 4 aromatic rings. The van der Waals surface area contributed by atoms with Crippen molar-refractivity contribution in [1.29, 1.82) is 0 Å². The number of benzene rings is 2. The van der Waals surface area contributed by atoms with Crippen LogP contribution in [0.3, 0.4) is 0 Å². The number of anilines is 1. The second kappa shape index (κ2) is 13.2. The van der Waals surface area contributed by atoms with Crippen LogP contribution in [-0.2, 0) is 4.74 Å². The summed E-state index contributed by atoms with van der Waals surface area (Å²) in [5.41, 5.74) is 0.183. The summed E-state index contributed by atoms with van der Waals surface area (Å²) in [6.45, 7) is 5.49. The fourth-order valence-electron chi connectivity index (χ4n) is 7.70. The average molecular weight is 664 g/mol. The molecule has 0 saturated carbocycles. The number of hydrogen-bond acceptors (Lipinski definition) is 8. The molecule has 11 heteroatoms. The monoisotopic (exact) mass is 663 g/mol. The number of pyridine rings is 1. The summed E-state index contributed by atoms with van der Waals surface area (Å²) < 4.78 is 37.3. The highest BCUT2D eigenvalue weighted by Crippen LogP contribution is 2.42. The molecule has 9 nitrogen and oxygen atoms in total. The number of nitrogens with one attached hydrogen (secondary N) is 1. The molecule has 1 amide bonds. The van der Waals surface area contributed by atoms with Gasteiger partial charge in [0.1, 0.15) is 29.5 Å². The van der Waals surface area contributed by atoms with Crippen molar-refractivity contribution in [3.05, 3.63) is 59.6 Å². The summed E-state index contributed by atoms with van der Waals surface area (Å²) in [7, 11) is 3.34. The lowest BCUT2D eigenvalue weighted by molar-refractivity contribution is 0.0794. The Hall–Kier alpha value is -4.84. The van der Waals surface area contributed by atoms with E-state index in [9.17, 15) is 9.18 Å². The Bertz CT molecular complexity index is 2050. The van der Waals surface area contributed by atoms with Crippen LogP contribution in [0.2, 0.25) is 0 Å². The highest BCUT2D eigenvalue weighted by molar-refractivity contribution is 6.02. The molecule has 0 spiro atoms. The number of halogens is 2. The van der Waals surface area contributed by atoms with Crippen LogP contribution in [0, 0.1) is 35.8 Å². The third kappa shape index (κ3) is 5.81. The predicted octanol–water partition coefficient (Wildman–Crippen LogP) is 5.34. The van der Waals surface area contributed by atoms with E-state index in [4.69, 9.17) is 21.1 Å². The number of piperazine rings is 1. The van der Waals surface area contributed by atoms with Crippen LogP contribution in [0.5, 0.6) is 0 Å². The van der Waals surface area contributed by atoms with Crippen LogP contribution in [0.15, 0.2) is 36.5 Å². The number of carbonyl (C=O) groups is 1. The van der Waals surface area contributed by atoms with Gasteiger partial charge in [0.05, 0.1) is 16.5 Å². The third-order valence-electron chi connectivity index (χ3n) is 10.2. The first-order chi connectivity index (χ1) is 23.7. The van der Waals surface area contributed by atoms with Gasteiger partial charge in [0.2, 0.25) is 5.82 Å². The van der Waals surface area contributed by atoms with Gasteiger partial charge in [0.15, 0.2) is 5.82 Å². The summed E-state index contributed by atoms with van der Waals surface area (Å²) in [6.07, 6.45) is 11.4. The maximum absolute atomic E-state index is 16.9. The fourth-order valence-corrected chi connectivity index (χ4v) is 7.70. The standard InChI is InChI=1S/C38H39F2N7O2/c1-5-25-21-41-18-20-46(25)36-29-22-42-34(28-10-7-9-24-11-12-30(39)27(6-2)32(24)28)33(40)35(29)43-31(44-36)14-17-38-15-8-19-47(38)26(13-16-38)23-49-37(48)45(3)4/h2,7,9-12,22,25-26,41H,5,8,13,15-16,18-21,23H2,1,3-4H3/t25-,26+,38+/m0/s1. The first kappa shape index (κ1) is 32.7. The number of hydrogen-bond donors (Lipinski definition) is 1. The topological polar surface area (TPSA) is 86.7 Å². The first-order valence-electron chi connectivity index (χ1n) is 16.9. The number of fused-ring (bicyclic) bond motifs is 3. The van der Waals surface area contributed by atoms with Crippen molar-refractivity contribution in [1.82, 2.24) is 30.1 Å². The van der Waals surface area contributed by atoms with E-state index in [1.165, 1.54) is 11.0 Å². The van der Waals surface area contributed by atoms with E-state index < -0.39 is 17.2 Å². The smallest absolute Gasteiger partial charge is 0.409 e. The maximum Gasteiger partial charge on any atom is 0.409 e. The van der Waals surface area contributed by atoms with Crippen molar-refractivity contribution < 1.29 is 18.3 Å². The number of rotatable bonds is 5. The molecule has 3 fully saturated rings. The Labute approximate surface area is 285 Å². The lowest BCUT2D eigenvalue weighted by Gasteiger charge is -2.37. The minimum absolute atomic E-state index is 0.0302. The van der Waals surface area contributed by atoms with Gasteiger partial charge in [-0.05, 0) is 49.5 Å². The summed E-state index contributed by atoms with van der Waals surface area (Å²) in [4.78, 5) is 32.4. The molecular formula is C38H39F2N7O2. The molecule has 0 unspecified atom stereocenters. The molecule has 3 saturated heterocycles. The van der Waals surface area contributed by atoms with Gasteiger partial charge in [-0.1, -0.05) is 43.0 Å². The minimum Gasteiger partial charge on any atom is -0.448 e. The lowest BCUT2D eigenvalue weighted by Crippen LogP contribution is -2.51. The van der Waals surface area contributed by atoms with Gasteiger partial charge in [-0.15, -0.1) is 6.42 Å². The van der Waals surface area contributed by atoms with Crippen molar-refractivity contribution in [3.8, 4) is 35.4 Å². The van der Waals surface area contributed by atoms with Crippen molar-refractivity contribution in [2.45, 2.75) is 56.7 Å². The summed E-state index contributed by atoms with van der Waals surface area (Å²) >= 11 is 0. The van der Waals surface area contributed by atoms with E-state index in [2.05, 4.69) is 44.8 Å². The Balaban J connectivity index is 1.35. The summed E-state index contributed by atoms with van der Waals surface area (Å²) in [5, 5.41) is 5.04. The van der Waals surface area contributed by atoms with Crippen LogP contribution in [-0.4, -0.2) is 95.3 Å². The van der Waals surface area contributed by atoms with Crippen LogP contribution in [0.25, 0.3) is 32.9 Å². The Morgan fingerprint density at radius 1 is 1.16 bits per heavy atom.